The molecule has 3 rings (SSSR count). The van der Waals surface area contributed by atoms with E-state index in [1.54, 1.807) is 40.7 Å². The average Bonchev–Trinajstić information content (AvgIpc) is 3.20. The smallest absolute Gasteiger partial charge is 0.328 e. The third kappa shape index (κ3) is 4.69. The second kappa shape index (κ2) is 9.72. The van der Waals surface area contributed by atoms with Gasteiger partial charge >= 0.3 is 5.97 Å². The number of carbonyl (C=O) groups is 2. The molecule has 0 radical (unpaired) electrons. The van der Waals surface area contributed by atoms with Crippen LogP contribution in [0.15, 0.2) is 36.4 Å². The van der Waals surface area contributed by atoms with Crippen LogP contribution in [-0.4, -0.2) is 49.6 Å². The van der Waals surface area contributed by atoms with E-state index >= 15 is 4.39 Å². The van der Waals surface area contributed by atoms with E-state index in [-0.39, 0.29) is 23.1 Å². The van der Waals surface area contributed by atoms with Crippen LogP contribution in [0.5, 0.6) is 0 Å². The largest absolute Gasteiger partial charge is 0.478 e. The minimum absolute atomic E-state index is 0.0896. The van der Waals surface area contributed by atoms with E-state index in [1.165, 1.54) is 12.1 Å². The first-order valence-corrected chi connectivity index (χ1v) is 10.6. The predicted octanol–water partition coefficient (Wildman–Crippen LogP) is 4.46. The summed E-state index contributed by atoms with van der Waals surface area (Å²) in [6, 6.07) is 8.16. The van der Waals surface area contributed by atoms with Gasteiger partial charge in [0, 0.05) is 42.1 Å². The summed E-state index contributed by atoms with van der Waals surface area (Å²) in [6.45, 7) is 6.03. The highest BCUT2D eigenvalue weighted by atomic mass is 19.1. The van der Waals surface area contributed by atoms with Crippen molar-refractivity contribution in [3.63, 3.8) is 0 Å². The van der Waals surface area contributed by atoms with Crippen molar-refractivity contribution >= 4 is 23.6 Å². The highest BCUT2D eigenvalue weighted by Crippen LogP contribution is 2.26. The van der Waals surface area contributed by atoms with Gasteiger partial charge in [0.2, 0.25) is 0 Å². The van der Waals surface area contributed by atoms with Gasteiger partial charge in [-0.2, -0.15) is 5.10 Å². The van der Waals surface area contributed by atoms with E-state index < -0.39 is 11.8 Å². The van der Waals surface area contributed by atoms with Crippen molar-refractivity contribution in [3.05, 3.63) is 59.2 Å². The number of aliphatic carboxylic acids is 1. The molecule has 0 aliphatic heterocycles. The summed E-state index contributed by atoms with van der Waals surface area (Å²) >= 11 is 0. The fourth-order valence-corrected chi connectivity index (χ4v) is 3.56. The van der Waals surface area contributed by atoms with Gasteiger partial charge in [0.15, 0.2) is 5.65 Å². The molecule has 168 valence electrons. The Balaban J connectivity index is 2.05. The lowest BCUT2D eigenvalue weighted by molar-refractivity contribution is -0.131. The Morgan fingerprint density at radius 3 is 2.69 bits per heavy atom. The van der Waals surface area contributed by atoms with Crippen molar-refractivity contribution in [1.82, 2.24) is 19.5 Å². The number of fused-ring (bicyclic) bond motifs is 1. The number of hydrogen-bond donors (Lipinski definition) is 1. The van der Waals surface area contributed by atoms with Crippen LogP contribution in [0.2, 0.25) is 0 Å². The first-order chi connectivity index (χ1) is 15.3. The van der Waals surface area contributed by atoms with Gasteiger partial charge in [-0.05, 0) is 38.0 Å². The zero-order chi connectivity index (χ0) is 23.4. The van der Waals surface area contributed by atoms with Crippen molar-refractivity contribution in [2.75, 3.05) is 7.05 Å². The molecule has 0 aliphatic carbocycles. The van der Waals surface area contributed by atoms with Crippen molar-refractivity contribution in [1.29, 1.82) is 0 Å². The van der Waals surface area contributed by atoms with Gasteiger partial charge in [-0.3, -0.25) is 4.79 Å². The maximum atomic E-state index is 15.0. The molecule has 2 aromatic heterocycles. The second-order valence-corrected chi connectivity index (χ2v) is 7.72. The molecule has 2 heterocycles. The number of benzene rings is 1. The van der Waals surface area contributed by atoms with Crippen LogP contribution in [0.25, 0.3) is 23.0 Å². The Bertz CT molecular complexity index is 1190. The Kier molecular flexibility index (Phi) is 7.02. The van der Waals surface area contributed by atoms with Gasteiger partial charge < -0.3 is 10.0 Å². The van der Waals surface area contributed by atoms with Gasteiger partial charge in [0.05, 0.1) is 5.69 Å². The third-order valence-corrected chi connectivity index (χ3v) is 5.48. The number of aryl methyl sites for hydroxylation is 1. The van der Waals surface area contributed by atoms with Gasteiger partial charge in [-0.1, -0.05) is 32.4 Å². The number of aromatic nitrogens is 3. The first kappa shape index (κ1) is 23.1. The number of carboxylic acid groups (broad SMARTS) is 1. The summed E-state index contributed by atoms with van der Waals surface area (Å²) in [4.78, 5) is 30.0. The fraction of sp³-hybridized carbons (Fsp3) is 0.333. The molecule has 1 N–H and O–H groups in total. The summed E-state index contributed by atoms with van der Waals surface area (Å²) in [5, 5.41) is 13.3. The summed E-state index contributed by atoms with van der Waals surface area (Å²) < 4.78 is 16.6. The SMILES string of the molecule is CCCC(C)N(C)C(=O)c1cc(CC)n2nc(-c3cccc(/C=C/C(=O)O)c3F)cc2n1. The molecule has 7 nitrogen and oxygen atoms in total. The maximum Gasteiger partial charge on any atom is 0.328 e. The minimum atomic E-state index is -1.16. The highest BCUT2D eigenvalue weighted by molar-refractivity contribution is 5.93. The van der Waals surface area contributed by atoms with Gasteiger partial charge in [-0.15, -0.1) is 0 Å². The predicted molar refractivity (Wildman–Crippen MR) is 121 cm³/mol. The van der Waals surface area contributed by atoms with E-state index in [2.05, 4.69) is 17.0 Å². The molecule has 0 spiro atoms. The zero-order valence-corrected chi connectivity index (χ0v) is 18.7. The molecule has 0 saturated heterocycles. The van der Waals surface area contributed by atoms with Crippen LogP contribution in [-0.2, 0) is 11.2 Å². The number of rotatable bonds is 8. The van der Waals surface area contributed by atoms with Crippen LogP contribution >= 0.6 is 0 Å². The minimum Gasteiger partial charge on any atom is -0.478 e. The number of carbonyl (C=O) groups excluding carboxylic acids is 1. The fourth-order valence-electron chi connectivity index (χ4n) is 3.56. The molecular weight excluding hydrogens is 411 g/mol. The quantitative estimate of drug-likeness (QED) is 0.525. The standard InChI is InChI=1S/C24H27FN4O3/c1-5-8-15(3)28(4)24(32)20-13-17(6-2)29-21(26-20)14-19(27-29)18-10-7-9-16(23(18)25)11-12-22(30)31/h7,9-15H,5-6,8H2,1-4H3,(H,30,31)/b12-11+. The number of hydrogen-bond acceptors (Lipinski definition) is 4. The molecule has 1 atom stereocenters. The second-order valence-electron chi connectivity index (χ2n) is 7.72. The molecule has 0 fully saturated rings. The van der Waals surface area contributed by atoms with Crippen LogP contribution in [0.3, 0.4) is 0 Å². The number of halogens is 1. The lowest BCUT2D eigenvalue weighted by Crippen LogP contribution is -2.35. The summed E-state index contributed by atoms with van der Waals surface area (Å²) in [5.41, 5.74) is 2.28. The van der Waals surface area contributed by atoms with E-state index in [0.29, 0.717) is 23.5 Å². The summed E-state index contributed by atoms with van der Waals surface area (Å²) in [5.74, 6) is -1.90. The van der Waals surface area contributed by atoms with Crippen molar-refractivity contribution in [2.24, 2.45) is 0 Å². The van der Waals surface area contributed by atoms with E-state index in [1.807, 2.05) is 13.8 Å². The van der Waals surface area contributed by atoms with Gasteiger partial charge in [0.25, 0.3) is 5.91 Å². The maximum absolute atomic E-state index is 15.0. The summed E-state index contributed by atoms with van der Waals surface area (Å²) in [6.07, 6.45) is 4.57. The molecule has 1 aromatic carbocycles. The highest BCUT2D eigenvalue weighted by Gasteiger charge is 2.21. The van der Waals surface area contributed by atoms with Crippen LogP contribution < -0.4 is 0 Å². The molecule has 8 heteroatoms. The Labute approximate surface area is 186 Å². The van der Waals surface area contributed by atoms with Crippen molar-refractivity contribution in [2.45, 2.75) is 46.1 Å². The molecule has 3 aromatic rings. The number of nitrogens with zero attached hydrogens (tertiary/aromatic N) is 4. The lowest BCUT2D eigenvalue weighted by atomic mass is 10.1. The van der Waals surface area contributed by atoms with Crippen molar-refractivity contribution in [3.8, 4) is 11.3 Å². The Hall–Kier alpha value is -3.55. The Morgan fingerprint density at radius 1 is 1.28 bits per heavy atom. The molecular formula is C24H27FN4O3. The Morgan fingerprint density at radius 2 is 2.03 bits per heavy atom. The van der Waals surface area contributed by atoms with Gasteiger partial charge in [-0.25, -0.2) is 18.7 Å². The van der Waals surface area contributed by atoms with E-state index in [4.69, 9.17) is 5.11 Å². The number of amides is 1. The lowest BCUT2D eigenvalue weighted by Gasteiger charge is -2.24. The van der Waals surface area contributed by atoms with Crippen molar-refractivity contribution < 1.29 is 19.1 Å². The van der Waals surface area contributed by atoms with E-state index in [0.717, 1.165) is 24.6 Å². The first-order valence-electron chi connectivity index (χ1n) is 10.6. The topological polar surface area (TPSA) is 87.8 Å². The monoisotopic (exact) mass is 438 g/mol. The van der Waals surface area contributed by atoms with Crippen LogP contribution in [0.4, 0.5) is 4.39 Å². The molecule has 0 bridgehead atoms. The number of carboxylic acids is 1. The normalized spacial score (nSPS) is 12.4. The third-order valence-electron chi connectivity index (χ3n) is 5.48. The van der Waals surface area contributed by atoms with Crippen LogP contribution in [0, 0.1) is 5.82 Å². The van der Waals surface area contributed by atoms with Crippen LogP contribution in [0.1, 0.15) is 55.4 Å². The van der Waals surface area contributed by atoms with E-state index in [9.17, 15) is 9.59 Å². The van der Waals surface area contributed by atoms with Gasteiger partial charge in [0.1, 0.15) is 11.5 Å². The average molecular weight is 439 g/mol. The summed E-state index contributed by atoms with van der Waals surface area (Å²) in [7, 11) is 1.77. The molecule has 1 amide bonds. The zero-order valence-electron chi connectivity index (χ0n) is 18.7. The molecule has 0 aliphatic rings. The molecule has 32 heavy (non-hydrogen) atoms. The molecule has 1 unspecified atom stereocenters. The molecule has 0 saturated carbocycles.